The molecule has 0 unspecified atom stereocenters. The maximum atomic E-state index is 12.0. The summed E-state index contributed by atoms with van der Waals surface area (Å²) in [6.45, 7) is 10.8. The Morgan fingerprint density at radius 1 is 1.20 bits per heavy atom. The molecule has 1 aromatic rings. The molecule has 0 aromatic carbocycles. The Labute approximate surface area is 120 Å². The van der Waals surface area contributed by atoms with Crippen LogP contribution in [0.3, 0.4) is 0 Å². The highest BCUT2D eigenvalue weighted by Gasteiger charge is 2.27. The SMILES string of the molecule is CC(C)(C)N=[N+]([O-])c1nn(C(C)(C)C)s/c1=N\[N+](=O)[O-]. The van der Waals surface area contributed by atoms with Crippen molar-refractivity contribution in [3.8, 4) is 0 Å². The summed E-state index contributed by atoms with van der Waals surface area (Å²) >= 11 is 0.945. The number of hydrogen-bond donors (Lipinski definition) is 0. The molecule has 0 bridgehead atoms. The lowest BCUT2D eigenvalue weighted by atomic mass is 10.1. The third-order valence-electron chi connectivity index (χ3n) is 1.87. The zero-order valence-electron chi connectivity index (χ0n) is 12.3. The van der Waals surface area contributed by atoms with Gasteiger partial charge in [0.15, 0.2) is 5.03 Å². The summed E-state index contributed by atoms with van der Waals surface area (Å²) in [6.07, 6.45) is 0. The fourth-order valence-electron chi connectivity index (χ4n) is 1.14. The molecule has 0 fully saturated rings. The minimum Gasteiger partial charge on any atom is -0.691 e. The summed E-state index contributed by atoms with van der Waals surface area (Å²) in [5.41, 5.74) is -1.03. The van der Waals surface area contributed by atoms with E-state index in [1.165, 1.54) is 4.07 Å². The number of rotatable bonds is 2. The van der Waals surface area contributed by atoms with Gasteiger partial charge in [-0.25, -0.2) is 10.1 Å². The van der Waals surface area contributed by atoms with Crippen LogP contribution in [0.1, 0.15) is 41.5 Å². The predicted molar refractivity (Wildman–Crippen MR) is 73.1 cm³/mol. The van der Waals surface area contributed by atoms with Crippen molar-refractivity contribution in [1.29, 1.82) is 0 Å². The van der Waals surface area contributed by atoms with Crippen LogP contribution >= 0.6 is 11.5 Å². The van der Waals surface area contributed by atoms with Gasteiger partial charge in [-0.2, -0.15) is 0 Å². The van der Waals surface area contributed by atoms with E-state index in [1.807, 2.05) is 20.8 Å². The zero-order valence-corrected chi connectivity index (χ0v) is 13.1. The zero-order chi connectivity index (χ0) is 15.7. The van der Waals surface area contributed by atoms with E-state index in [4.69, 9.17) is 0 Å². The summed E-state index contributed by atoms with van der Waals surface area (Å²) < 4.78 is 1.42. The molecule has 0 atom stereocenters. The van der Waals surface area contributed by atoms with Crippen molar-refractivity contribution in [2.75, 3.05) is 0 Å². The van der Waals surface area contributed by atoms with E-state index in [9.17, 15) is 15.3 Å². The molecule has 0 saturated heterocycles. The van der Waals surface area contributed by atoms with Crippen molar-refractivity contribution in [2.24, 2.45) is 10.2 Å². The Hall–Kier alpha value is -1.84. The van der Waals surface area contributed by atoms with Gasteiger partial charge in [0.2, 0.25) is 0 Å². The second kappa shape index (κ2) is 5.27. The Morgan fingerprint density at radius 3 is 2.15 bits per heavy atom. The molecule has 9 nitrogen and oxygen atoms in total. The normalized spacial score (nSPS) is 14.7. The smallest absolute Gasteiger partial charge is 0.417 e. The molecular weight excluding hydrogens is 284 g/mol. The fourth-order valence-corrected chi connectivity index (χ4v) is 2.00. The monoisotopic (exact) mass is 302 g/mol. The van der Waals surface area contributed by atoms with Crippen molar-refractivity contribution in [1.82, 2.24) is 9.17 Å². The topological polar surface area (TPSA) is 112 Å². The van der Waals surface area contributed by atoms with Crippen LogP contribution in [-0.2, 0) is 5.54 Å². The van der Waals surface area contributed by atoms with Crippen molar-refractivity contribution in [2.45, 2.75) is 52.6 Å². The lowest BCUT2D eigenvalue weighted by Crippen LogP contribution is -2.21. The average molecular weight is 302 g/mol. The number of hydrogen-bond acceptors (Lipinski definition) is 6. The van der Waals surface area contributed by atoms with Gasteiger partial charge in [-0.1, -0.05) is 0 Å². The van der Waals surface area contributed by atoms with Crippen LogP contribution in [0.25, 0.3) is 0 Å². The van der Waals surface area contributed by atoms with E-state index in [2.05, 4.69) is 15.3 Å². The van der Waals surface area contributed by atoms with Crippen LogP contribution in [0.2, 0.25) is 0 Å². The summed E-state index contributed by atoms with van der Waals surface area (Å²) in [6, 6.07) is 0. The number of aromatic nitrogens is 2. The molecule has 0 aliphatic heterocycles. The van der Waals surface area contributed by atoms with Crippen LogP contribution in [-0.4, -0.2) is 24.6 Å². The Bertz CT molecular complexity index is 602. The van der Waals surface area contributed by atoms with Crippen LogP contribution in [0.5, 0.6) is 0 Å². The minimum absolute atomic E-state index is 0.0760. The number of nitro groups is 1. The molecule has 0 spiro atoms. The third-order valence-corrected chi connectivity index (χ3v) is 3.11. The van der Waals surface area contributed by atoms with Gasteiger partial charge < -0.3 is 5.21 Å². The molecule has 1 rings (SSSR count). The first-order valence-electron chi connectivity index (χ1n) is 5.90. The summed E-state index contributed by atoms with van der Waals surface area (Å²) in [5, 5.41) is 32.8. The lowest BCUT2D eigenvalue weighted by molar-refractivity contribution is -0.493. The molecule has 0 radical (unpaired) electrons. The van der Waals surface area contributed by atoms with Crippen LogP contribution in [0.15, 0.2) is 10.2 Å². The highest BCUT2D eigenvalue weighted by molar-refractivity contribution is 7.03. The van der Waals surface area contributed by atoms with Crippen molar-refractivity contribution >= 4 is 17.4 Å². The van der Waals surface area contributed by atoms with Crippen LogP contribution in [0, 0.1) is 15.3 Å². The number of azo groups is 1. The maximum absolute atomic E-state index is 12.0. The average Bonchev–Trinajstić information content (AvgIpc) is 2.57. The highest BCUT2D eigenvalue weighted by atomic mass is 32.1. The van der Waals surface area contributed by atoms with Gasteiger partial charge in [-0.3, -0.25) is 0 Å². The highest BCUT2D eigenvalue weighted by Crippen LogP contribution is 2.18. The third kappa shape index (κ3) is 4.37. The molecule has 0 aliphatic carbocycles. The quantitative estimate of drug-likeness (QED) is 0.360. The molecule has 1 aromatic heterocycles. The van der Waals surface area contributed by atoms with E-state index < -0.39 is 16.1 Å². The maximum Gasteiger partial charge on any atom is 0.417 e. The van der Waals surface area contributed by atoms with Gasteiger partial charge in [0, 0.05) is 11.5 Å². The minimum atomic E-state index is -0.852. The van der Waals surface area contributed by atoms with Gasteiger partial charge in [0.05, 0.1) is 21.3 Å². The molecule has 20 heavy (non-hydrogen) atoms. The molecule has 1 heterocycles. The second-order valence-corrected chi connectivity index (χ2v) is 7.06. The lowest BCUT2D eigenvalue weighted by Gasteiger charge is -2.13. The predicted octanol–water partition coefficient (Wildman–Crippen LogP) is 2.18. The molecular formula is C10H18N6O3S. The molecule has 0 amide bonds. The number of nitrogens with zero attached hydrogens (tertiary/aromatic N) is 6. The summed E-state index contributed by atoms with van der Waals surface area (Å²) in [5.74, 6) is -0.170. The van der Waals surface area contributed by atoms with E-state index in [0.717, 1.165) is 11.5 Å². The largest absolute Gasteiger partial charge is 0.691 e. The van der Waals surface area contributed by atoms with Crippen molar-refractivity contribution in [3.63, 3.8) is 0 Å². The molecule has 0 N–H and O–H groups in total. The van der Waals surface area contributed by atoms with E-state index in [-0.39, 0.29) is 10.5 Å². The van der Waals surface area contributed by atoms with E-state index >= 15 is 0 Å². The fraction of sp³-hybridized carbons (Fsp3) is 0.800. The summed E-state index contributed by atoms with van der Waals surface area (Å²) in [4.78, 5) is 10.8. The van der Waals surface area contributed by atoms with Crippen LogP contribution < -0.4 is 4.67 Å². The van der Waals surface area contributed by atoms with Gasteiger partial charge in [0.1, 0.15) is 0 Å². The molecule has 0 aliphatic rings. The van der Waals surface area contributed by atoms with Crippen molar-refractivity contribution in [3.05, 3.63) is 20.0 Å². The van der Waals surface area contributed by atoms with Gasteiger partial charge in [-0.05, 0) is 41.5 Å². The van der Waals surface area contributed by atoms with E-state index in [1.54, 1.807) is 20.8 Å². The first-order valence-corrected chi connectivity index (χ1v) is 6.68. The van der Waals surface area contributed by atoms with Gasteiger partial charge >= 0.3 is 10.5 Å². The molecule has 112 valence electrons. The second-order valence-electron chi connectivity index (χ2n) is 6.15. The van der Waals surface area contributed by atoms with Gasteiger partial charge in [0.25, 0.3) is 0 Å². The molecule has 0 saturated carbocycles. The van der Waals surface area contributed by atoms with Crippen LogP contribution in [0.4, 0.5) is 5.82 Å². The first-order chi connectivity index (χ1) is 8.90. The Morgan fingerprint density at radius 2 is 1.75 bits per heavy atom. The first kappa shape index (κ1) is 16.2. The van der Waals surface area contributed by atoms with Gasteiger partial charge in [-0.15, -0.1) is 14.0 Å². The Kier molecular flexibility index (Phi) is 4.27. The Balaban J connectivity index is 3.50. The van der Waals surface area contributed by atoms with E-state index in [0.29, 0.717) is 4.86 Å². The van der Waals surface area contributed by atoms with Crippen molar-refractivity contribution < 1.29 is 9.89 Å². The summed E-state index contributed by atoms with van der Waals surface area (Å²) in [7, 11) is 0. The molecule has 10 heteroatoms. The standard InChI is InChI=1S/C10H18N6O3S/c1-9(2,3)13-14(17)7-8(12-16(18)19)20-15(11-7)10(4,5)6/h1-6H3/b12-8-,14-13?.